The molecule has 1 fully saturated rings. The molecule has 19 heavy (non-hydrogen) atoms. The number of nitrogens with two attached hydrogens (primary N) is 1. The summed E-state index contributed by atoms with van der Waals surface area (Å²) in [7, 11) is 0. The first-order valence-electron chi connectivity index (χ1n) is 6.88. The first-order chi connectivity index (χ1) is 9.08. The maximum atomic E-state index is 10.9. The van der Waals surface area contributed by atoms with E-state index in [-0.39, 0.29) is 5.92 Å². The highest BCUT2D eigenvalue weighted by molar-refractivity contribution is 5.70. The van der Waals surface area contributed by atoms with Crippen LogP contribution >= 0.6 is 0 Å². The van der Waals surface area contributed by atoms with Crippen LogP contribution in [0.2, 0.25) is 0 Å². The van der Waals surface area contributed by atoms with E-state index >= 15 is 0 Å². The second-order valence-electron chi connectivity index (χ2n) is 5.40. The molecule has 0 amide bonds. The number of piperidine rings is 1. The lowest BCUT2D eigenvalue weighted by atomic mass is 9.95. The molecule has 0 aliphatic carbocycles. The van der Waals surface area contributed by atoms with Gasteiger partial charge in [0.05, 0.1) is 5.92 Å². The van der Waals surface area contributed by atoms with Gasteiger partial charge in [-0.2, -0.15) is 0 Å². The van der Waals surface area contributed by atoms with Crippen molar-refractivity contribution in [2.75, 3.05) is 18.8 Å². The highest BCUT2D eigenvalue weighted by Crippen LogP contribution is 2.22. The van der Waals surface area contributed by atoms with Crippen LogP contribution in [0.3, 0.4) is 0 Å². The molecule has 0 saturated carbocycles. The Bertz CT molecular complexity index is 440. The van der Waals surface area contributed by atoms with Crippen LogP contribution in [0, 0.1) is 5.92 Å². The van der Waals surface area contributed by atoms with Crippen LogP contribution in [0.25, 0.3) is 0 Å². The van der Waals surface area contributed by atoms with Crippen LogP contribution in [0.5, 0.6) is 0 Å². The Labute approximate surface area is 114 Å². The molecule has 1 heterocycles. The third-order valence-corrected chi connectivity index (χ3v) is 4.07. The summed E-state index contributed by atoms with van der Waals surface area (Å²) >= 11 is 0. The SMILES string of the molecule is CC(Cc1ccccc1N)N1CCC(C(=O)O)CC1. The second kappa shape index (κ2) is 6.06. The van der Waals surface area contributed by atoms with E-state index in [1.807, 2.05) is 18.2 Å². The van der Waals surface area contributed by atoms with Crippen LogP contribution in [-0.2, 0) is 11.2 Å². The topological polar surface area (TPSA) is 66.6 Å². The van der Waals surface area contributed by atoms with Crippen molar-refractivity contribution in [1.82, 2.24) is 4.90 Å². The largest absolute Gasteiger partial charge is 0.481 e. The Morgan fingerprint density at radius 2 is 2.05 bits per heavy atom. The summed E-state index contributed by atoms with van der Waals surface area (Å²) in [5, 5.41) is 9.00. The number of hydrogen-bond donors (Lipinski definition) is 2. The molecule has 1 saturated heterocycles. The highest BCUT2D eigenvalue weighted by atomic mass is 16.4. The summed E-state index contributed by atoms with van der Waals surface area (Å²) in [6, 6.07) is 8.35. The zero-order chi connectivity index (χ0) is 13.8. The number of benzene rings is 1. The van der Waals surface area contributed by atoms with E-state index in [4.69, 9.17) is 10.8 Å². The molecular formula is C15H22N2O2. The van der Waals surface area contributed by atoms with Gasteiger partial charge in [0.1, 0.15) is 0 Å². The van der Waals surface area contributed by atoms with Crippen molar-refractivity contribution in [3.05, 3.63) is 29.8 Å². The number of rotatable bonds is 4. The summed E-state index contributed by atoms with van der Waals surface area (Å²) in [4.78, 5) is 13.3. The molecular weight excluding hydrogens is 240 g/mol. The van der Waals surface area contributed by atoms with Crippen molar-refractivity contribution < 1.29 is 9.90 Å². The van der Waals surface area contributed by atoms with Gasteiger partial charge in [-0.25, -0.2) is 0 Å². The number of anilines is 1. The Morgan fingerprint density at radius 1 is 1.42 bits per heavy atom. The molecule has 104 valence electrons. The summed E-state index contributed by atoms with van der Waals surface area (Å²) in [5.41, 5.74) is 7.98. The highest BCUT2D eigenvalue weighted by Gasteiger charge is 2.26. The van der Waals surface area contributed by atoms with Gasteiger partial charge in [-0.05, 0) is 50.9 Å². The van der Waals surface area contributed by atoms with Gasteiger partial charge in [-0.1, -0.05) is 18.2 Å². The number of carboxylic acids is 1. The van der Waals surface area contributed by atoms with Crippen LogP contribution in [-0.4, -0.2) is 35.1 Å². The Hall–Kier alpha value is -1.55. The third kappa shape index (κ3) is 3.47. The van der Waals surface area contributed by atoms with E-state index in [0.29, 0.717) is 6.04 Å². The summed E-state index contributed by atoms with van der Waals surface area (Å²) in [5.74, 6) is -0.815. The first kappa shape index (κ1) is 13.9. The van der Waals surface area contributed by atoms with Gasteiger partial charge in [0.15, 0.2) is 0 Å². The third-order valence-electron chi connectivity index (χ3n) is 4.07. The van der Waals surface area contributed by atoms with E-state index < -0.39 is 5.97 Å². The molecule has 1 aromatic rings. The first-order valence-corrected chi connectivity index (χ1v) is 6.88. The molecule has 3 N–H and O–H groups in total. The van der Waals surface area contributed by atoms with Crippen LogP contribution in [0.15, 0.2) is 24.3 Å². The summed E-state index contributed by atoms with van der Waals surface area (Å²) in [6.45, 7) is 3.92. The van der Waals surface area contributed by atoms with E-state index in [1.54, 1.807) is 0 Å². The van der Waals surface area contributed by atoms with Crippen molar-refractivity contribution >= 4 is 11.7 Å². The molecule has 1 aliphatic rings. The maximum Gasteiger partial charge on any atom is 0.306 e. The van der Waals surface area contributed by atoms with Gasteiger partial charge in [0.2, 0.25) is 0 Å². The lowest BCUT2D eigenvalue weighted by Crippen LogP contribution is -2.42. The van der Waals surface area contributed by atoms with Crippen LogP contribution in [0.1, 0.15) is 25.3 Å². The monoisotopic (exact) mass is 262 g/mol. The molecule has 1 atom stereocenters. The minimum atomic E-state index is -0.653. The smallest absolute Gasteiger partial charge is 0.306 e. The van der Waals surface area contributed by atoms with E-state index in [0.717, 1.165) is 38.0 Å². The number of nitrogen functional groups attached to an aromatic ring is 1. The number of carboxylic acid groups (broad SMARTS) is 1. The van der Waals surface area contributed by atoms with Gasteiger partial charge < -0.3 is 15.7 Å². The number of aliphatic carboxylic acids is 1. The average molecular weight is 262 g/mol. The molecule has 0 bridgehead atoms. The lowest BCUT2D eigenvalue weighted by Gasteiger charge is -2.35. The molecule has 1 aromatic carbocycles. The molecule has 4 nitrogen and oxygen atoms in total. The Kier molecular flexibility index (Phi) is 4.43. The van der Waals surface area contributed by atoms with Gasteiger partial charge in [0, 0.05) is 11.7 Å². The van der Waals surface area contributed by atoms with Gasteiger partial charge in [-0.15, -0.1) is 0 Å². The Morgan fingerprint density at radius 3 is 2.63 bits per heavy atom. The molecule has 0 spiro atoms. The quantitative estimate of drug-likeness (QED) is 0.814. The predicted octanol–water partition coefficient (Wildman–Crippen LogP) is 2.00. The van der Waals surface area contributed by atoms with Crippen LogP contribution < -0.4 is 5.73 Å². The second-order valence-corrected chi connectivity index (χ2v) is 5.40. The molecule has 1 unspecified atom stereocenters. The van der Waals surface area contributed by atoms with Gasteiger partial charge in [0.25, 0.3) is 0 Å². The number of likely N-dealkylation sites (tertiary alicyclic amines) is 1. The lowest BCUT2D eigenvalue weighted by molar-refractivity contribution is -0.143. The predicted molar refractivity (Wildman–Crippen MR) is 76.0 cm³/mol. The van der Waals surface area contributed by atoms with Crippen LogP contribution in [0.4, 0.5) is 5.69 Å². The number of para-hydroxylation sites is 1. The van der Waals surface area contributed by atoms with E-state index in [2.05, 4.69) is 17.9 Å². The molecule has 1 aliphatic heterocycles. The molecule has 0 aromatic heterocycles. The number of nitrogens with zero attached hydrogens (tertiary/aromatic N) is 1. The normalized spacial score (nSPS) is 19.2. The standard InChI is InChI=1S/C15H22N2O2/c1-11(10-13-4-2-3-5-14(13)16)17-8-6-12(7-9-17)15(18)19/h2-5,11-12H,6-10,16H2,1H3,(H,18,19). The zero-order valence-corrected chi connectivity index (χ0v) is 11.4. The Balaban J connectivity index is 1.90. The minimum absolute atomic E-state index is 0.162. The van der Waals surface area contributed by atoms with Crippen molar-refractivity contribution in [1.29, 1.82) is 0 Å². The fraction of sp³-hybridized carbons (Fsp3) is 0.533. The van der Waals surface area contributed by atoms with Gasteiger partial charge >= 0.3 is 5.97 Å². The fourth-order valence-corrected chi connectivity index (χ4v) is 2.75. The van der Waals surface area contributed by atoms with Crippen molar-refractivity contribution in [2.45, 2.75) is 32.2 Å². The average Bonchev–Trinajstić information content (AvgIpc) is 2.41. The number of hydrogen-bond acceptors (Lipinski definition) is 3. The van der Waals surface area contributed by atoms with Gasteiger partial charge in [-0.3, -0.25) is 4.79 Å². The van der Waals surface area contributed by atoms with Crippen molar-refractivity contribution in [3.63, 3.8) is 0 Å². The molecule has 4 heteroatoms. The number of carbonyl (C=O) groups is 1. The summed E-state index contributed by atoms with van der Waals surface area (Å²) in [6.07, 6.45) is 2.43. The summed E-state index contributed by atoms with van der Waals surface area (Å²) < 4.78 is 0. The maximum absolute atomic E-state index is 10.9. The molecule has 0 radical (unpaired) electrons. The van der Waals surface area contributed by atoms with E-state index in [9.17, 15) is 4.79 Å². The zero-order valence-electron chi connectivity index (χ0n) is 11.4. The van der Waals surface area contributed by atoms with Crippen molar-refractivity contribution in [3.8, 4) is 0 Å². The van der Waals surface area contributed by atoms with Crippen molar-refractivity contribution in [2.24, 2.45) is 5.92 Å². The molecule has 2 rings (SSSR count). The minimum Gasteiger partial charge on any atom is -0.481 e. The fourth-order valence-electron chi connectivity index (χ4n) is 2.75. The van der Waals surface area contributed by atoms with E-state index in [1.165, 1.54) is 5.56 Å².